The highest BCUT2D eigenvalue weighted by molar-refractivity contribution is 9.10. The molecule has 18 heavy (non-hydrogen) atoms. The van der Waals surface area contributed by atoms with E-state index in [1.165, 1.54) is 0 Å². The van der Waals surface area contributed by atoms with Gasteiger partial charge in [0.15, 0.2) is 5.82 Å². The van der Waals surface area contributed by atoms with Crippen molar-refractivity contribution < 1.29 is 14.4 Å². The summed E-state index contributed by atoms with van der Waals surface area (Å²) in [6, 6.07) is 0.806. The number of hydrogen-bond acceptors (Lipinski definition) is 5. The first-order valence-corrected chi connectivity index (χ1v) is 6.06. The summed E-state index contributed by atoms with van der Waals surface area (Å²) < 4.78 is 14.1. The number of aliphatic hydroxyl groups excluding tert-OH is 1. The van der Waals surface area contributed by atoms with Gasteiger partial charge in [-0.25, -0.2) is 4.39 Å². The van der Waals surface area contributed by atoms with E-state index in [0.717, 1.165) is 6.07 Å². The highest BCUT2D eigenvalue weighted by atomic mass is 79.9. The molecule has 2 rings (SSSR count). The van der Waals surface area contributed by atoms with E-state index < -0.39 is 22.5 Å². The third-order valence-corrected chi connectivity index (χ3v) is 3.69. The summed E-state index contributed by atoms with van der Waals surface area (Å²) in [4.78, 5) is 11.6. The summed E-state index contributed by atoms with van der Waals surface area (Å²) in [5.41, 5.74) is 5.19. The molecular formula is C10H11BrFN3O3. The van der Waals surface area contributed by atoms with Crippen LogP contribution in [0, 0.1) is 15.9 Å². The lowest BCUT2D eigenvalue weighted by molar-refractivity contribution is -0.384. The number of nitrogens with two attached hydrogens (primary N) is 1. The Morgan fingerprint density at radius 3 is 2.83 bits per heavy atom. The Bertz CT molecular complexity index is 512. The first kappa shape index (κ1) is 13.0. The molecule has 1 aliphatic heterocycles. The van der Waals surface area contributed by atoms with E-state index in [9.17, 15) is 19.6 Å². The molecule has 0 spiro atoms. The minimum Gasteiger partial charge on any atom is -0.392 e. The van der Waals surface area contributed by atoms with Crippen molar-refractivity contribution in [2.24, 2.45) is 0 Å². The Hall–Kier alpha value is -1.41. The van der Waals surface area contributed by atoms with Crippen LogP contribution in [0.2, 0.25) is 0 Å². The second-order valence-corrected chi connectivity index (χ2v) is 4.89. The molecule has 0 aromatic heterocycles. The monoisotopic (exact) mass is 319 g/mol. The number of aliphatic hydroxyl groups is 1. The van der Waals surface area contributed by atoms with E-state index in [1.807, 2.05) is 0 Å². The summed E-state index contributed by atoms with van der Waals surface area (Å²) >= 11 is 3.09. The zero-order chi connectivity index (χ0) is 13.4. The van der Waals surface area contributed by atoms with Gasteiger partial charge in [0.05, 0.1) is 27.3 Å². The largest absolute Gasteiger partial charge is 0.392 e. The van der Waals surface area contributed by atoms with Crippen LogP contribution in [0.15, 0.2) is 10.5 Å². The number of nitrogens with zero attached hydrogens (tertiary/aromatic N) is 2. The standard InChI is InChI=1S/C10H11BrFN3O3/c11-8-9(13)7(15(17)18)3-6(12)10(8)14-2-1-5(16)4-14/h3,5,16H,1-2,4,13H2/t5-/m1/s1. The Kier molecular flexibility index (Phi) is 3.40. The molecule has 1 aromatic carbocycles. The summed E-state index contributed by atoms with van der Waals surface area (Å²) in [7, 11) is 0. The fraction of sp³-hybridized carbons (Fsp3) is 0.400. The van der Waals surface area contributed by atoms with Gasteiger partial charge in [0.25, 0.3) is 5.69 Å². The quantitative estimate of drug-likeness (QED) is 0.491. The smallest absolute Gasteiger partial charge is 0.296 e. The molecule has 1 atom stereocenters. The Morgan fingerprint density at radius 1 is 1.67 bits per heavy atom. The molecule has 3 N–H and O–H groups in total. The summed E-state index contributed by atoms with van der Waals surface area (Å²) in [6.45, 7) is 0.765. The van der Waals surface area contributed by atoms with Gasteiger partial charge in [0.1, 0.15) is 5.69 Å². The molecule has 0 aliphatic carbocycles. The molecule has 0 radical (unpaired) electrons. The summed E-state index contributed by atoms with van der Waals surface area (Å²) in [5.74, 6) is -0.725. The average molecular weight is 320 g/mol. The molecule has 1 fully saturated rings. The van der Waals surface area contributed by atoms with Crippen molar-refractivity contribution in [3.63, 3.8) is 0 Å². The van der Waals surface area contributed by atoms with Crippen molar-refractivity contribution in [2.75, 3.05) is 23.7 Å². The summed E-state index contributed by atoms with van der Waals surface area (Å²) in [6.07, 6.45) is 0.00990. The zero-order valence-corrected chi connectivity index (χ0v) is 10.9. The minimum atomic E-state index is -0.730. The van der Waals surface area contributed by atoms with E-state index in [0.29, 0.717) is 13.0 Å². The summed E-state index contributed by atoms with van der Waals surface area (Å²) in [5, 5.41) is 20.1. The van der Waals surface area contributed by atoms with Gasteiger partial charge in [-0.15, -0.1) is 0 Å². The van der Waals surface area contributed by atoms with Crippen LogP contribution >= 0.6 is 15.9 Å². The van der Waals surface area contributed by atoms with Crippen LogP contribution in [0.5, 0.6) is 0 Å². The predicted molar refractivity (Wildman–Crippen MR) is 68.0 cm³/mol. The molecular weight excluding hydrogens is 309 g/mol. The molecule has 1 aliphatic rings. The van der Waals surface area contributed by atoms with Crippen molar-refractivity contribution in [3.8, 4) is 0 Å². The van der Waals surface area contributed by atoms with Crippen LogP contribution in [0.3, 0.4) is 0 Å². The number of halogens is 2. The van der Waals surface area contributed by atoms with Crippen molar-refractivity contribution >= 4 is 33.0 Å². The van der Waals surface area contributed by atoms with Crippen LogP contribution in [-0.2, 0) is 0 Å². The van der Waals surface area contributed by atoms with Gasteiger partial charge in [0.2, 0.25) is 0 Å². The fourth-order valence-electron chi connectivity index (χ4n) is 2.00. The molecule has 0 bridgehead atoms. The highest BCUT2D eigenvalue weighted by Crippen LogP contribution is 2.41. The number of nitro groups is 1. The second kappa shape index (κ2) is 4.69. The van der Waals surface area contributed by atoms with Gasteiger partial charge in [-0.1, -0.05) is 0 Å². The minimum absolute atomic E-state index is 0.113. The number of nitrogen functional groups attached to an aromatic ring is 1. The number of benzene rings is 1. The SMILES string of the molecule is Nc1c([N+](=O)[O-])cc(F)c(N2CC[C@@H](O)C2)c1Br. The third kappa shape index (κ3) is 2.13. The van der Waals surface area contributed by atoms with Crippen LogP contribution < -0.4 is 10.6 Å². The van der Waals surface area contributed by atoms with E-state index >= 15 is 0 Å². The molecule has 0 saturated carbocycles. The van der Waals surface area contributed by atoms with Gasteiger partial charge in [-0.05, 0) is 22.4 Å². The Morgan fingerprint density at radius 2 is 2.33 bits per heavy atom. The van der Waals surface area contributed by atoms with Crippen LogP contribution in [0.1, 0.15) is 6.42 Å². The van der Waals surface area contributed by atoms with Gasteiger partial charge < -0.3 is 15.7 Å². The molecule has 8 heteroatoms. The average Bonchev–Trinajstić information content (AvgIpc) is 2.70. The molecule has 1 aromatic rings. The molecule has 1 heterocycles. The number of rotatable bonds is 2. The van der Waals surface area contributed by atoms with Crippen LogP contribution in [0.4, 0.5) is 21.5 Å². The second-order valence-electron chi connectivity index (χ2n) is 4.10. The van der Waals surface area contributed by atoms with Crippen LogP contribution in [0.25, 0.3) is 0 Å². The van der Waals surface area contributed by atoms with Crippen molar-refractivity contribution in [2.45, 2.75) is 12.5 Å². The topological polar surface area (TPSA) is 92.6 Å². The first-order chi connectivity index (χ1) is 8.41. The first-order valence-electron chi connectivity index (χ1n) is 5.26. The maximum absolute atomic E-state index is 13.9. The number of anilines is 2. The third-order valence-electron chi connectivity index (χ3n) is 2.89. The van der Waals surface area contributed by atoms with E-state index in [1.54, 1.807) is 4.90 Å². The normalized spacial score (nSPS) is 19.3. The van der Waals surface area contributed by atoms with Crippen molar-refractivity contribution in [1.29, 1.82) is 0 Å². The van der Waals surface area contributed by atoms with E-state index in [4.69, 9.17) is 5.73 Å². The lowest BCUT2D eigenvalue weighted by atomic mass is 10.2. The van der Waals surface area contributed by atoms with Gasteiger partial charge in [0, 0.05) is 13.1 Å². The van der Waals surface area contributed by atoms with Gasteiger partial charge >= 0.3 is 0 Å². The Labute approximate surface area is 110 Å². The molecule has 1 saturated heterocycles. The molecule has 0 amide bonds. The van der Waals surface area contributed by atoms with E-state index in [-0.39, 0.29) is 22.4 Å². The fourth-order valence-corrected chi connectivity index (χ4v) is 2.64. The number of hydrogen-bond donors (Lipinski definition) is 2. The van der Waals surface area contributed by atoms with Crippen molar-refractivity contribution in [1.82, 2.24) is 0 Å². The zero-order valence-electron chi connectivity index (χ0n) is 9.27. The maximum Gasteiger partial charge on any atom is 0.296 e. The molecule has 0 unspecified atom stereocenters. The van der Waals surface area contributed by atoms with E-state index in [2.05, 4.69) is 15.9 Å². The van der Waals surface area contributed by atoms with Gasteiger partial charge in [-0.2, -0.15) is 0 Å². The number of β-amino-alcohol motifs (C(OH)–C–C–N with tert-alkyl or cyclic N) is 1. The highest BCUT2D eigenvalue weighted by Gasteiger charge is 2.29. The molecule has 6 nitrogen and oxygen atoms in total. The van der Waals surface area contributed by atoms with Crippen LogP contribution in [-0.4, -0.2) is 29.2 Å². The maximum atomic E-state index is 13.9. The molecule has 98 valence electrons. The van der Waals surface area contributed by atoms with Crippen molar-refractivity contribution in [3.05, 3.63) is 26.5 Å². The lowest BCUT2D eigenvalue weighted by Gasteiger charge is -2.21. The predicted octanol–water partition coefficient (Wildman–Crippen LogP) is 1.65. The lowest BCUT2D eigenvalue weighted by Crippen LogP contribution is -2.23. The number of nitro benzene ring substituents is 1. The Balaban J connectivity index is 2.49. The van der Waals surface area contributed by atoms with Gasteiger partial charge in [-0.3, -0.25) is 10.1 Å².